The number of esters is 4. The lowest BCUT2D eigenvalue weighted by molar-refractivity contribution is -0.462. The van der Waals surface area contributed by atoms with Crippen LogP contribution >= 0.6 is 0 Å². The standard InChI is InChI=1S/C28H27F17O8/c1-12(2)16(46)51-10-20(7,11-52-17(47)13(3)4)19(49)50-9-15(53-18(48)14(5)6)8-21(29,30)22(31,32)23(33,34)24(35,36)25(37,38)26(39,40)27(41,42)28(43,44)45/h15H,1,3,5,8-11H2,2,4,6-7H3. The van der Waals surface area contributed by atoms with Crippen LogP contribution in [-0.2, 0) is 38.1 Å². The SMILES string of the molecule is C=C(C)C(=O)OCC(C)(COC(=O)C(=C)C)C(=O)OCC(CC(F)(F)C(F)(F)C(F)(F)C(F)(F)C(F)(F)C(F)(F)C(F)(F)C(F)(F)F)OC(=O)C(=C)C. The van der Waals surface area contributed by atoms with Gasteiger partial charge >= 0.3 is 71.5 Å². The third-order valence-corrected chi connectivity index (χ3v) is 6.53. The molecule has 0 saturated carbocycles. The molecule has 0 fully saturated rings. The summed E-state index contributed by atoms with van der Waals surface area (Å²) >= 11 is 0. The second-order valence-electron chi connectivity index (χ2n) is 11.5. The topological polar surface area (TPSA) is 105 Å². The van der Waals surface area contributed by atoms with Crippen LogP contribution in [0.3, 0.4) is 0 Å². The highest BCUT2D eigenvalue weighted by Crippen LogP contribution is 2.64. The normalized spacial score (nSPS) is 14.5. The first-order valence-electron chi connectivity index (χ1n) is 13.6. The Morgan fingerprint density at radius 2 is 0.830 bits per heavy atom. The number of hydrogen-bond donors (Lipinski definition) is 0. The van der Waals surface area contributed by atoms with Gasteiger partial charge in [-0.25, -0.2) is 14.4 Å². The minimum atomic E-state index is -8.87. The smallest absolute Gasteiger partial charge is 0.460 e. The number of ether oxygens (including phenoxy) is 4. The molecular weight excluding hydrogens is 787 g/mol. The molecule has 1 unspecified atom stereocenters. The van der Waals surface area contributed by atoms with Crippen LogP contribution in [0.2, 0.25) is 0 Å². The van der Waals surface area contributed by atoms with Crippen LogP contribution in [0.1, 0.15) is 34.1 Å². The van der Waals surface area contributed by atoms with E-state index in [-0.39, 0.29) is 11.1 Å². The van der Waals surface area contributed by atoms with Crippen LogP contribution in [-0.4, -0.2) is 97.4 Å². The summed E-state index contributed by atoms with van der Waals surface area (Å²) in [6.45, 7) is 8.69. The van der Waals surface area contributed by atoms with Crippen molar-refractivity contribution < 1.29 is 113 Å². The lowest BCUT2D eigenvalue weighted by Gasteiger charge is -2.43. The van der Waals surface area contributed by atoms with E-state index in [0.717, 1.165) is 27.7 Å². The summed E-state index contributed by atoms with van der Waals surface area (Å²) in [7, 11) is 0. The molecule has 8 nitrogen and oxygen atoms in total. The van der Waals surface area contributed by atoms with E-state index < -0.39 is 115 Å². The Balaban J connectivity index is 6.87. The zero-order valence-electron chi connectivity index (χ0n) is 27.2. The summed E-state index contributed by atoms with van der Waals surface area (Å²) in [5.74, 6) is -64.8. The average molecular weight is 814 g/mol. The first kappa shape index (κ1) is 48.9. The lowest BCUT2D eigenvalue weighted by Crippen LogP contribution is -2.74. The molecule has 0 aromatic heterocycles. The zero-order valence-corrected chi connectivity index (χ0v) is 27.2. The monoisotopic (exact) mass is 814 g/mol. The molecule has 25 heteroatoms. The Bertz CT molecular complexity index is 1420. The van der Waals surface area contributed by atoms with Crippen LogP contribution < -0.4 is 0 Å². The molecule has 0 heterocycles. The minimum Gasteiger partial charge on any atom is -0.461 e. The molecule has 0 aliphatic rings. The quantitative estimate of drug-likeness (QED) is 0.0567. The number of alkyl halides is 17. The van der Waals surface area contributed by atoms with Crippen LogP contribution in [0.4, 0.5) is 74.6 Å². The molecule has 1 atom stereocenters. The molecule has 0 aromatic carbocycles. The molecular formula is C28H27F17O8. The molecule has 0 amide bonds. The number of rotatable bonds is 19. The van der Waals surface area contributed by atoms with Gasteiger partial charge in [-0.1, -0.05) is 19.7 Å². The summed E-state index contributed by atoms with van der Waals surface area (Å²) in [5.41, 5.74) is -3.85. The fourth-order valence-corrected chi connectivity index (χ4v) is 3.20. The Kier molecular flexibility index (Phi) is 14.5. The van der Waals surface area contributed by atoms with E-state index in [1.807, 2.05) is 0 Å². The fraction of sp³-hybridized carbons (Fsp3) is 0.643. The summed E-state index contributed by atoms with van der Waals surface area (Å²) in [5, 5.41) is 0. The maximum atomic E-state index is 14.8. The van der Waals surface area contributed by atoms with E-state index in [4.69, 9.17) is 9.47 Å². The van der Waals surface area contributed by atoms with E-state index in [0.29, 0.717) is 0 Å². The van der Waals surface area contributed by atoms with Gasteiger partial charge in [0, 0.05) is 16.7 Å². The van der Waals surface area contributed by atoms with Crippen molar-refractivity contribution in [3.63, 3.8) is 0 Å². The molecule has 0 N–H and O–H groups in total. The van der Waals surface area contributed by atoms with Crippen molar-refractivity contribution in [1.82, 2.24) is 0 Å². The van der Waals surface area contributed by atoms with Gasteiger partial charge in [0.25, 0.3) is 0 Å². The molecule has 0 bridgehead atoms. The summed E-state index contributed by atoms with van der Waals surface area (Å²) in [4.78, 5) is 48.5. The first-order valence-corrected chi connectivity index (χ1v) is 13.6. The molecule has 0 spiro atoms. The highest BCUT2D eigenvalue weighted by atomic mass is 19.4. The molecule has 0 rings (SSSR count). The molecule has 306 valence electrons. The second kappa shape index (κ2) is 15.7. The van der Waals surface area contributed by atoms with E-state index in [2.05, 4.69) is 29.2 Å². The highest BCUT2D eigenvalue weighted by molar-refractivity contribution is 5.88. The van der Waals surface area contributed by atoms with Gasteiger partial charge in [0.15, 0.2) is 0 Å². The van der Waals surface area contributed by atoms with Crippen LogP contribution in [0, 0.1) is 5.41 Å². The fourth-order valence-electron chi connectivity index (χ4n) is 3.20. The predicted octanol–water partition coefficient (Wildman–Crippen LogP) is 7.66. The number of hydrogen-bond acceptors (Lipinski definition) is 8. The van der Waals surface area contributed by atoms with Gasteiger partial charge in [-0.15, -0.1) is 0 Å². The maximum absolute atomic E-state index is 14.8. The van der Waals surface area contributed by atoms with Gasteiger partial charge in [0.2, 0.25) is 0 Å². The van der Waals surface area contributed by atoms with Gasteiger partial charge < -0.3 is 18.9 Å². The van der Waals surface area contributed by atoms with Crippen molar-refractivity contribution in [3.8, 4) is 0 Å². The molecule has 0 aromatic rings. The van der Waals surface area contributed by atoms with Crippen molar-refractivity contribution in [2.75, 3.05) is 19.8 Å². The molecule has 53 heavy (non-hydrogen) atoms. The van der Waals surface area contributed by atoms with E-state index in [9.17, 15) is 93.8 Å². The molecule has 0 saturated heterocycles. The van der Waals surface area contributed by atoms with Gasteiger partial charge in [-0.05, 0) is 27.7 Å². The van der Waals surface area contributed by atoms with Crippen molar-refractivity contribution >= 4 is 23.9 Å². The van der Waals surface area contributed by atoms with E-state index in [1.165, 1.54) is 0 Å². The Morgan fingerprint density at radius 1 is 0.509 bits per heavy atom. The lowest BCUT2D eigenvalue weighted by atomic mass is 9.87. The third kappa shape index (κ3) is 9.54. The highest BCUT2D eigenvalue weighted by Gasteiger charge is 2.95. The summed E-state index contributed by atoms with van der Waals surface area (Å²) in [6.07, 6.45) is -14.5. The maximum Gasteiger partial charge on any atom is 0.460 e. The molecule has 0 aliphatic carbocycles. The Hall–Kier alpha value is -4.09. The van der Waals surface area contributed by atoms with Gasteiger partial charge in [-0.2, -0.15) is 74.6 Å². The first-order chi connectivity index (χ1) is 23.2. The van der Waals surface area contributed by atoms with Crippen LogP contribution in [0.15, 0.2) is 36.5 Å². The Morgan fingerprint density at radius 3 is 1.15 bits per heavy atom. The van der Waals surface area contributed by atoms with Gasteiger partial charge in [0.05, 0.1) is 6.42 Å². The van der Waals surface area contributed by atoms with Gasteiger partial charge in [0.1, 0.15) is 31.3 Å². The number of halogens is 17. The minimum absolute atomic E-state index is 0.299. The van der Waals surface area contributed by atoms with Crippen LogP contribution in [0.25, 0.3) is 0 Å². The zero-order chi connectivity index (χ0) is 42.8. The summed E-state index contributed by atoms with van der Waals surface area (Å²) in [6, 6.07) is 0. The van der Waals surface area contributed by atoms with Crippen molar-refractivity contribution in [3.05, 3.63) is 36.5 Å². The summed E-state index contributed by atoms with van der Waals surface area (Å²) < 4.78 is 251. The van der Waals surface area contributed by atoms with Crippen LogP contribution in [0.5, 0.6) is 0 Å². The van der Waals surface area contributed by atoms with Crippen molar-refractivity contribution in [2.24, 2.45) is 5.41 Å². The number of carbonyl (C=O) groups is 4. The Labute approximate surface area is 286 Å². The van der Waals surface area contributed by atoms with E-state index >= 15 is 0 Å². The average Bonchev–Trinajstić information content (AvgIpc) is 2.99. The molecule has 0 radical (unpaired) electrons. The second-order valence-corrected chi connectivity index (χ2v) is 11.5. The largest absolute Gasteiger partial charge is 0.461 e. The van der Waals surface area contributed by atoms with E-state index in [1.54, 1.807) is 0 Å². The third-order valence-electron chi connectivity index (χ3n) is 6.53. The van der Waals surface area contributed by atoms with Gasteiger partial charge in [-0.3, -0.25) is 4.79 Å². The van der Waals surface area contributed by atoms with Crippen molar-refractivity contribution in [1.29, 1.82) is 0 Å². The number of carbonyl (C=O) groups excluding carboxylic acids is 4. The predicted molar refractivity (Wildman–Crippen MR) is 141 cm³/mol. The van der Waals surface area contributed by atoms with Crippen molar-refractivity contribution in [2.45, 2.75) is 87.9 Å². The molecule has 0 aliphatic heterocycles.